The number of rotatable bonds is 7. The molecule has 1 aromatic heterocycles. The lowest BCUT2D eigenvalue weighted by atomic mass is 10.1. The van der Waals surface area contributed by atoms with E-state index in [9.17, 15) is 14.9 Å². The predicted molar refractivity (Wildman–Crippen MR) is 129 cm³/mol. The van der Waals surface area contributed by atoms with Gasteiger partial charge < -0.3 is 24.8 Å². The van der Waals surface area contributed by atoms with Gasteiger partial charge in [-0.05, 0) is 29.8 Å². The molecule has 1 aromatic carbocycles. The largest absolute Gasteiger partial charge is 0.378 e. The molecule has 3 heterocycles. The lowest BCUT2D eigenvalue weighted by Gasteiger charge is -2.28. The molecule has 0 saturated carbocycles. The van der Waals surface area contributed by atoms with E-state index < -0.39 is 0 Å². The number of ketones is 1. The molecule has 2 aliphatic heterocycles. The van der Waals surface area contributed by atoms with Gasteiger partial charge in [-0.1, -0.05) is 12.1 Å². The van der Waals surface area contributed by atoms with E-state index in [-0.39, 0.29) is 30.1 Å². The van der Waals surface area contributed by atoms with Crippen molar-refractivity contribution in [1.29, 1.82) is 5.26 Å². The Bertz CT molecular complexity index is 1120. The summed E-state index contributed by atoms with van der Waals surface area (Å²) in [5.41, 5.74) is 2.83. The van der Waals surface area contributed by atoms with Gasteiger partial charge in [0.05, 0.1) is 24.6 Å². The molecular weight excluding hydrogens is 432 g/mol. The number of anilines is 3. The minimum absolute atomic E-state index is 0.0130. The van der Waals surface area contributed by atoms with Crippen molar-refractivity contribution < 1.29 is 14.3 Å². The van der Waals surface area contributed by atoms with Crippen molar-refractivity contribution in [3.63, 3.8) is 0 Å². The molecule has 0 atom stereocenters. The van der Waals surface area contributed by atoms with Crippen LogP contribution in [0.2, 0.25) is 0 Å². The first-order valence-corrected chi connectivity index (χ1v) is 11.3. The van der Waals surface area contributed by atoms with Crippen molar-refractivity contribution in [3.8, 4) is 6.07 Å². The first kappa shape index (κ1) is 23.3. The lowest BCUT2D eigenvalue weighted by Crippen LogP contribution is -2.36. The third-order valence-electron chi connectivity index (χ3n) is 6.07. The number of Topliss-reactive ketones (excluding diaryl/α,β-unsaturated/α-hetero) is 1. The number of hydrogen-bond donors (Lipinski definition) is 1. The Hall–Kier alpha value is -3.90. The van der Waals surface area contributed by atoms with Crippen LogP contribution in [0.1, 0.15) is 18.4 Å². The number of para-hydroxylation sites is 2. The van der Waals surface area contributed by atoms with Gasteiger partial charge in [-0.3, -0.25) is 9.59 Å². The Labute approximate surface area is 199 Å². The normalized spacial score (nSPS) is 15.1. The van der Waals surface area contributed by atoms with Crippen LogP contribution in [0.5, 0.6) is 0 Å². The highest BCUT2D eigenvalue weighted by Crippen LogP contribution is 2.40. The number of nitrogens with one attached hydrogen (secondary N) is 1. The minimum atomic E-state index is -0.349. The van der Waals surface area contributed by atoms with Crippen LogP contribution in [0.3, 0.4) is 0 Å². The molecule has 176 valence electrons. The number of morpholine rings is 1. The summed E-state index contributed by atoms with van der Waals surface area (Å²) in [5, 5.41) is 12.6. The number of amides is 1. The first-order chi connectivity index (χ1) is 16.5. The van der Waals surface area contributed by atoms with Gasteiger partial charge in [0.1, 0.15) is 23.3 Å². The van der Waals surface area contributed by atoms with Gasteiger partial charge in [0.25, 0.3) is 0 Å². The highest BCUT2D eigenvalue weighted by molar-refractivity contribution is 6.03. The number of carbonyl (C=O) groups is 2. The van der Waals surface area contributed by atoms with Crippen LogP contribution >= 0.6 is 0 Å². The molecule has 0 aliphatic carbocycles. The summed E-state index contributed by atoms with van der Waals surface area (Å²) in [6, 6.07) is 13.6. The van der Waals surface area contributed by atoms with Gasteiger partial charge in [-0.25, -0.2) is 4.98 Å². The van der Waals surface area contributed by atoms with Crippen LogP contribution in [0.4, 0.5) is 17.2 Å². The van der Waals surface area contributed by atoms with Crippen molar-refractivity contribution in [2.45, 2.75) is 19.4 Å². The molecule has 4 rings (SSSR count). The monoisotopic (exact) mass is 460 g/mol. The summed E-state index contributed by atoms with van der Waals surface area (Å²) in [6.07, 6.45) is 1.71. The van der Waals surface area contributed by atoms with Gasteiger partial charge in [-0.2, -0.15) is 5.26 Å². The first-order valence-electron chi connectivity index (χ1n) is 11.3. The Morgan fingerprint density at radius 2 is 1.76 bits per heavy atom. The Morgan fingerprint density at radius 1 is 1.09 bits per heavy atom. The highest BCUT2D eigenvalue weighted by atomic mass is 16.5. The lowest BCUT2D eigenvalue weighted by molar-refractivity contribution is -0.124. The van der Waals surface area contributed by atoms with Crippen molar-refractivity contribution in [2.24, 2.45) is 0 Å². The van der Waals surface area contributed by atoms with E-state index in [1.54, 1.807) is 6.20 Å². The molecule has 9 heteroatoms. The van der Waals surface area contributed by atoms with E-state index in [1.165, 1.54) is 0 Å². The summed E-state index contributed by atoms with van der Waals surface area (Å²) in [5.74, 6) is 0.803. The molecule has 9 nitrogen and oxygen atoms in total. The van der Waals surface area contributed by atoms with E-state index in [0.717, 1.165) is 35.8 Å². The molecule has 1 N–H and O–H groups in total. The molecule has 1 fully saturated rings. The maximum absolute atomic E-state index is 12.9. The molecular formula is C25H28N6O3. The maximum Gasteiger partial charge on any atom is 0.220 e. The SMILES string of the molecule is CN1C(=C(C#N)C(=O)CCC(=O)NCc2ccnc(N3CCOCC3)c2)N(C)c2ccccc21. The van der Waals surface area contributed by atoms with Crippen molar-refractivity contribution >= 4 is 28.9 Å². The quantitative estimate of drug-likeness (QED) is 0.496. The van der Waals surface area contributed by atoms with Crippen LogP contribution in [0.25, 0.3) is 0 Å². The van der Waals surface area contributed by atoms with E-state index >= 15 is 0 Å². The molecule has 1 amide bonds. The minimum Gasteiger partial charge on any atom is -0.378 e. The molecule has 1 saturated heterocycles. The summed E-state index contributed by atoms with van der Waals surface area (Å²) >= 11 is 0. The summed E-state index contributed by atoms with van der Waals surface area (Å²) < 4.78 is 5.38. The standard InChI is InChI=1S/C25H28N6O3/c1-29-20-5-3-4-6-21(20)30(2)25(29)19(16-26)22(32)7-8-24(33)28-17-18-9-10-27-23(15-18)31-11-13-34-14-12-31/h3-6,9-10,15H,7-8,11-14,17H2,1-2H3,(H,28,33). The van der Waals surface area contributed by atoms with E-state index in [2.05, 4.69) is 21.3 Å². The van der Waals surface area contributed by atoms with Gasteiger partial charge in [0.15, 0.2) is 5.78 Å². The van der Waals surface area contributed by atoms with Gasteiger partial charge in [0, 0.05) is 52.8 Å². The van der Waals surface area contributed by atoms with Crippen LogP contribution in [0, 0.1) is 11.3 Å². The summed E-state index contributed by atoms with van der Waals surface area (Å²) in [6.45, 7) is 3.28. The highest BCUT2D eigenvalue weighted by Gasteiger charge is 2.31. The molecule has 2 aliphatic rings. The van der Waals surface area contributed by atoms with Gasteiger partial charge >= 0.3 is 0 Å². The summed E-state index contributed by atoms with van der Waals surface area (Å²) in [4.78, 5) is 35.5. The van der Waals surface area contributed by atoms with Crippen LogP contribution in [-0.2, 0) is 20.9 Å². The van der Waals surface area contributed by atoms with Crippen molar-refractivity contribution in [2.75, 3.05) is 55.1 Å². The maximum atomic E-state index is 12.9. The summed E-state index contributed by atoms with van der Waals surface area (Å²) in [7, 11) is 3.66. The number of nitrogens with zero attached hydrogens (tertiary/aromatic N) is 5. The van der Waals surface area contributed by atoms with E-state index in [0.29, 0.717) is 25.6 Å². The topological polar surface area (TPSA) is 102 Å². The third kappa shape index (κ3) is 4.87. The van der Waals surface area contributed by atoms with Crippen LogP contribution in [0.15, 0.2) is 54.0 Å². The smallest absolute Gasteiger partial charge is 0.220 e. The fraction of sp³-hybridized carbons (Fsp3) is 0.360. The van der Waals surface area contributed by atoms with Crippen molar-refractivity contribution in [3.05, 3.63) is 59.6 Å². The average Bonchev–Trinajstić information content (AvgIpc) is 3.13. The second-order valence-electron chi connectivity index (χ2n) is 8.24. The third-order valence-corrected chi connectivity index (χ3v) is 6.07. The second kappa shape index (κ2) is 10.4. The Kier molecular flexibility index (Phi) is 7.09. The zero-order valence-electron chi connectivity index (χ0n) is 19.5. The van der Waals surface area contributed by atoms with E-state index in [4.69, 9.17) is 4.74 Å². The second-order valence-corrected chi connectivity index (χ2v) is 8.24. The Morgan fingerprint density at radius 3 is 2.41 bits per heavy atom. The average molecular weight is 461 g/mol. The predicted octanol–water partition coefficient (Wildman–Crippen LogP) is 2.21. The number of aromatic nitrogens is 1. The molecule has 0 bridgehead atoms. The van der Waals surface area contributed by atoms with Crippen LogP contribution in [-0.4, -0.2) is 57.1 Å². The van der Waals surface area contributed by atoms with Gasteiger partial charge in [-0.15, -0.1) is 0 Å². The molecule has 0 radical (unpaired) electrons. The van der Waals surface area contributed by atoms with Crippen LogP contribution < -0.4 is 20.0 Å². The molecule has 2 aromatic rings. The van der Waals surface area contributed by atoms with Crippen molar-refractivity contribution in [1.82, 2.24) is 10.3 Å². The molecule has 0 spiro atoms. The number of benzene rings is 1. The number of fused-ring (bicyclic) bond motifs is 1. The van der Waals surface area contributed by atoms with E-state index in [1.807, 2.05) is 60.3 Å². The van der Waals surface area contributed by atoms with Gasteiger partial charge in [0.2, 0.25) is 5.91 Å². The molecule has 0 unspecified atom stereocenters. The fourth-order valence-electron chi connectivity index (χ4n) is 4.23. The number of pyridine rings is 1. The fourth-order valence-corrected chi connectivity index (χ4v) is 4.23. The zero-order valence-corrected chi connectivity index (χ0v) is 19.5. The number of hydrogen-bond acceptors (Lipinski definition) is 8. The molecule has 34 heavy (non-hydrogen) atoms. The number of carbonyl (C=O) groups excluding carboxylic acids is 2. The Balaban J connectivity index is 1.34. The number of ether oxygens (including phenoxy) is 1. The number of allylic oxidation sites excluding steroid dienone is 1. The zero-order chi connectivity index (χ0) is 24.1. The number of nitriles is 1.